The van der Waals surface area contributed by atoms with E-state index in [9.17, 15) is 0 Å². The first-order valence-electron chi connectivity index (χ1n) is 4.43. The van der Waals surface area contributed by atoms with Crippen molar-refractivity contribution in [3.8, 4) is 11.8 Å². The van der Waals surface area contributed by atoms with Crippen molar-refractivity contribution < 1.29 is 9.84 Å². The monoisotopic (exact) mass is 191 g/mol. The van der Waals surface area contributed by atoms with Gasteiger partial charge in [0.2, 0.25) is 0 Å². The fraction of sp³-hybridized carbons (Fsp3) is 0.364. The Morgan fingerprint density at radius 1 is 1.43 bits per heavy atom. The van der Waals surface area contributed by atoms with E-state index >= 15 is 0 Å². The van der Waals surface area contributed by atoms with Crippen LogP contribution in [0.15, 0.2) is 24.3 Å². The summed E-state index contributed by atoms with van der Waals surface area (Å²) in [5.41, 5.74) is 1.03. The molecule has 3 heteroatoms. The van der Waals surface area contributed by atoms with Crippen LogP contribution in [0.3, 0.4) is 0 Å². The van der Waals surface area contributed by atoms with Gasteiger partial charge in [0.25, 0.3) is 0 Å². The van der Waals surface area contributed by atoms with Crippen LogP contribution < -0.4 is 4.74 Å². The largest absolute Gasteiger partial charge is 0.497 e. The van der Waals surface area contributed by atoms with Crippen LogP contribution >= 0.6 is 0 Å². The SMILES string of the molecule is COc1ccc(C[C@@H](C#N)CO)cc1. The molecule has 0 unspecified atom stereocenters. The van der Waals surface area contributed by atoms with Crippen LogP contribution in [0.5, 0.6) is 5.75 Å². The van der Waals surface area contributed by atoms with Gasteiger partial charge in [-0.05, 0) is 24.1 Å². The van der Waals surface area contributed by atoms with E-state index in [1.807, 2.05) is 30.3 Å². The first kappa shape index (κ1) is 10.6. The molecule has 1 N–H and O–H groups in total. The Morgan fingerprint density at radius 3 is 2.50 bits per heavy atom. The average Bonchev–Trinajstić information content (AvgIpc) is 2.26. The number of rotatable bonds is 4. The standard InChI is InChI=1S/C11H13NO2/c1-14-11-4-2-9(3-5-11)6-10(7-12)8-13/h2-5,10,13H,6,8H2,1H3/t10-/m0/s1. The smallest absolute Gasteiger partial charge is 0.118 e. The quantitative estimate of drug-likeness (QED) is 0.782. The van der Waals surface area contributed by atoms with Gasteiger partial charge in [-0.3, -0.25) is 0 Å². The van der Waals surface area contributed by atoms with Gasteiger partial charge in [-0.2, -0.15) is 5.26 Å². The summed E-state index contributed by atoms with van der Waals surface area (Å²) in [6, 6.07) is 9.55. The summed E-state index contributed by atoms with van der Waals surface area (Å²) in [6.45, 7) is -0.0947. The summed E-state index contributed by atoms with van der Waals surface area (Å²) in [5.74, 6) is 0.481. The maximum atomic E-state index is 8.84. The first-order chi connectivity index (χ1) is 6.80. The van der Waals surface area contributed by atoms with Gasteiger partial charge in [0.1, 0.15) is 5.75 Å². The summed E-state index contributed by atoms with van der Waals surface area (Å²) in [7, 11) is 1.61. The fourth-order valence-electron chi connectivity index (χ4n) is 1.20. The molecule has 0 aliphatic rings. The van der Waals surface area contributed by atoms with Crippen molar-refractivity contribution in [1.29, 1.82) is 5.26 Å². The lowest BCUT2D eigenvalue weighted by Gasteiger charge is -2.06. The molecule has 0 saturated carbocycles. The number of hydrogen-bond acceptors (Lipinski definition) is 3. The predicted octanol–water partition coefficient (Wildman–Crippen LogP) is 1.37. The summed E-state index contributed by atoms with van der Waals surface area (Å²) in [6.07, 6.45) is 0.580. The second kappa shape index (κ2) is 5.25. The van der Waals surface area contributed by atoms with Crippen LogP contribution in [-0.2, 0) is 6.42 Å². The molecule has 3 nitrogen and oxygen atoms in total. The van der Waals surface area contributed by atoms with E-state index in [1.165, 1.54) is 0 Å². The third-order valence-corrected chi connectivity index (χ3v) is 2.04. The zero-order valence-electron chi connectivity index (χ0n) is 8.10. The van der Waals surface area contributed by atoms with Gasteiger partial charge in [0.05, 0.1) is 25.7 Å². The lowest BCUT2D eigenvalue weighted by Crippen LogP contribution is -2.06. The summed E-state index contributed by atoms with van der Waals surface area (Å²) in [4.78, 5) is 0. The highest BCUT2D eigenvalue weighted by atomic mass is 16.5. The van der Waals surface area contributed by atoms with Gasteiger partial charge in [-0.1, -0.05) is 12.1 Å². The molecule has 1 aromatic rings. The van der Waals surface area contributed by atoms with Gasteiger partial charge in [-0.15, -0.1) is 0 Å². The molecule has 14 heavy (non-hydrogen) atoms. The topological polar surface area (TPSA) is 53.2 Å². The van der Waals surface area contributed by atoms with E-state index in [0.717, 1.165) is 11.3 Å². The number of aliphatic hydroxyl groups is 1. The zero-order chi connectivity index (χ0) is 10.4. The van der Waals surface area contributed by atoms with Gasteiger partial charge in [-0.25, -0.2) is 0 Å². The van der Waals surface area contributed by atoms with Gasteiger partial charge < -0.3 is 9.84 Å². The summed E-state index contributed by atoms with van der Waals surface area (Å²) >= 11 is 0. The third kappa shape index (κ3) is 2.75. The Hall–Kier alpha value is -1.53. The second-order valence-corrected chi connectivity index (χ2v) is 3.06. The molecule has 0 heterocycles. The molecule has 0 spiro atoms. The number of nitrogens with zero attached hydrogens (tertiary/aromatic N) is 1. The van der Waals surface area contributed by atoms with Gasteiger partial charge >= 0.3 is 0 Å². The highest BCUT2D eigenvalue weighted by molar-refractivity contribution is 5.27. The van der Waals surface area contributed by atoms with E-state index < -0.39 is 0 Å². The lowest BCUT2D eigenvalue weighted by molar-refractivity contribution is 0.255. The fourth-order valence-corrected chi connectivity index (χ4v) is 1.20. The Balaban J connectivity index is 2.64. The van der Waals surface area contributed by atoms with Crippen molar-refractivity contribution >= 4 is 0 Å². The molecule has 1 atom stereocenters. The van der Waals surface area contributed by atoms with Crippen molar-refractivity contribution in [1.82, 2.24) is 0 Å². The third-order valence-electron chi connectivity index (χ3n) is 2.04. The second-order valence-electron chi connectivity index (χ2n) is 3.06. The van der Waals surface area contributed by atoms with Crippen LogP contribution in [-0.4, -0.2) is 18.8 Å². The number of methoxy groups -OCH3 is 1. The van der Waals surface area contributed by atoms with Crippen molar-refractivity contribution in [3.63, 3.8) is 0 Å². The maximum absolute atomic E-state index is 8.84. The maximum Gasteiger partial charge on any atom is 0.118 e. The van der Waals surface area contributed by atoms with Crippen molar-refractivity contribution in [2.75, 3.05) is 13.7 Å². The Morgan fingerprint density at radius 2 is 2.07 bits per heavy atom. The van der Waals surface area contributed by atoms with Crippen molar-refractivity contribution in [2.45, 2.75) is 6.42 Å². The number of hydrogen-bond donors (Lipinski definition) is 1. The first-order valence-corrected chi connectivity index (χ1v) is 4.43. The zero-order valence-corrected chi connectivity index (χ0v) is 8.10. The molecule has 1 rings (SSSR count). The van der Waals surface area contributed by atoms with Crippen LogP contribution in [0.25, 0.3) is 0 Å². The van der Waals surface area contributed by atoms with E-state index in [-0.39, 0.29) is 12.5 Å². The van der Waals surface area contributed by atoms with Crippen LogP contribution in [0.1, 0.15) is 5.56 Å². The summed E-state index contributed by atoms with van der Waals surface area (Å²) < 4.78 is 5.01. The molecule has 1 aromatic carbocycles. The number of ether oxygens (including phenoxy) is 1. The van der Waals surface area contributed by atoms with Gasteiger partial charge in [0, 0.05) is 0 Å². The average molecular weight is 191 g/mol. The Bertz CT molecular complexity index is 313. The minimum Gasteiger partial charge on any atom is -0.497 e. The Kier molecular flexibility index (Phi) is 3.96. The lowest BCUT2D eigenvalue weighted by atomic mass is 10.0. The van der Waals surface area contributed by atoms with Crippen LogP contribution in [0, 0.1) is 17.2 Å². The molecule has 0 radical (unpaired) electrons. The highest BCUT2D eigenvalue weighted by Crippen LogP contribution is 2.14. The van der Waals surface area contributed by atoms with Crippen LogP contribution in [0.4, 0.5) is 0 Å². The molecule has 0 amide bonds. The van der Waals surface area contributed by atoms with E-state index in [4.69, 9.17) is 15.1 Å². The molecule has 0 bridgehead atoms. The molecule has 0 aliphatic heterocycles. The molecule has 74 valence electrons. The van der Waals surface area contributed by atoms with Crippen molar-refractivity contribution in [2.24, 2.45) is 5.92 Å². The highest BCUT2D eigenvalue weighted by Gasteiger charge is 2.06. The number of aliphatic hydroxyl groups excluding tert-OH is 1. The van der Waals surface area contributed by atoms with Gasteiger partial charge in [0.15, 0.2) is 0 Å². The molecular weight excluding hydrogens is 178 g/mol. The minimum atomic E-state index is -0.316. The Labute approximate surface area is 83.6 Å². The predicted molar refractivity (Wildman–Crippen MR) is 52.9 cm³/mol. The molecule has 0 aromatic heterocycles. The molecular formula is C11H13NO2. The molecule has 0 fully saturated rings. The number of nitriles is 1. The van der Waals surface area contributed by atoms with E-state index in [2.05, 4.69) is 0 Å². The number of benzene rings is 1. The molecule has 0 aliphatic carbocycles. The van der Waals surface area contributed by atoms with E-state index in [1.54, 1.807) is 7.11 Å². The van der Waals surface area contributed by atoms with Crippen LogP contribution in [0.2, 0.25) is 0 Å². The minimum absolute atomic E-state index is 0.0947. The van der Waals surface area contributed by atoms with E-state index in [0.29, 0.717) is 6.42 Å². The summed E-state index contributed by atoms with van der Waals surface area (Å²) in [5, 5.41) is 17.5. The van der Waals surface area contributed by atoms with Crippen molar-refractivity contribution in [3.05, 3.63) is 29.8 Å². The molecule has 0 saturated heterocycles. The normalized spacial score (nSPS) is 11.8.